The summed E-state index contributed by atoms with van der Waals surface area (Å²) in [5.74, 6) is 0.441. The number of ether oxygens (including phenoxy) is 4. The van der Waals surface area contributed by atoms with Crippen LogP contribution in [0.1, 0.15) is 63.0 Å². The van der Waals surface area contributed by atoms with Gasteiger partial charge in [-0.15, -0.1) is 0 Å². The number of hydrogen-bond acceptors (Lipinski definition) is 10. The Bertz CT molecular complexity index is 1590. The third-order valence-corrected chi connectivity index (χ3v) is 7.38. The molecule has 4 rings (SSSR count). The summed E-state index contributed by atoms with van der Waals surface area (Å²) in [5, 5.41) is 0.886. The molecule has 1 amide bonds. The Kier molecular flexibility index (Phi) is 11.8. The Hall–Kier alpha value is -4.29. The molecule has 1 unspecified atom stereocenters. The average Bonchev–Trinajstić information content (AvgIpc) is 3.35. The first-order valence-electron chi connectivity index (χ1n) is 14.8. The van der Waals surface area contributed by atoms with Gasteiger partial charge in [-0.3, -0.25) is 14.4 Å². The van der Waals surface area contributed by atoms with Crippen LogP contribution in [0.4, 0.5) is 4.79 Å². The van der Waals surface area contributed by atoms with Crippen molar-refractivity contribution in [3.05, 3.63) is 56.9 Å². The largest absolute Gasteiger partial charge is 0.463 e. The maximum Gasteiger partial charge on any atom is 0.410 e. The van der Waals surface area contributed by atoms with Gasteiger partial charge in [-0.25, -0.2) is 9.78 Å². The summed E-state index contributed by atoms with van der Waals surface area (Å²) in [4.78, 5) is 54.7. The van der Waals surface area contributed by atoms with Gasteiger partial charge in [0.1, 0.15) is 18.0 Å². The van der Waals surface area contributed by atoms with Crippen LogP contribution in [0.15, 0.2) is 29.1 Å². The highest BCUT2D eigenvalue weighted by atomic mass is 16.6. The second-order valence-corrected chi connectivity index (χ2v) is 12.0. The number of carbonyl (C=O) groups is 3. The Morgan fingerprint density at radius 1 is 1.09 bits per heavy atom. The van der Waals surface area contributed by atoms with Crippen molar-refractivity contribution >= 4 is 29.9 Å². The van der Waals surface area contributed by atoms with Gasteiger partial charge in [-0.05, 0) is 83.6 Å². The van der Waals surface area contributed by atoms with Gasteiger partial charge in [0, 0.05) is 38.2 Å². The summed E-state index contributed by atoms with van der Waals surface area (Å²) in [6.07, 6.45) is 0.0956. The van der Waals surface area contributed by atoms with E-state index in [2.05, 4.69) is 0 Å². The first kappa shape index (κ1) is 35.2. The Morgan fingerprint density at radius 3 is 2.38 bits per heavy atom. The van der Waals surface area contributed by atoms with Crippen LogP contribution in [0.5, 0.6) is 5.75 Å². The van der Waals surface area contributed by atoms with Gasteiger partial charge in [0.25, 0.3) is 18.5 Å². The van der Waals surface area contributed by atoms with E-state index in [-0.39, 0.29) is 24.4 Å². The van der Waals surface area contributed by atoms with Crippen LogP contribution in [-0.2, 0) is 43.4 Å². The normalized spacial score (nSPS) is 12.5. The summed E-state index contributed by atoms with van der Waals surface area (Å²) < 4.78 is 22.2. The van der Waals surface area contributed by atoms with Gasteiger partial charge >= 0.3 is 6.09 Å². The second kappa shape index (κ2) is 15.1. The fourth-order valence-corrected chi connectivity index (χ4v) is 5.02. The van der Waals surface area contributed by atoms with E-state index < -0.39 is 5.60 Å². The van der Waals surface area contributed by atoms with Crippen LogP contribution >= 0.6 is 0 Å². The lowest BCUT2D eigenvalue weighted by molar-refractivity contribution is -0.130. The molecule has 0 bridgehead atoms. The second-order valence-electron chi connectivity index (χ2n) is 12.0. The summed E-state index contributed by atoms with van der Waals surface area (Å²) in [6.45, 7) is 12.0. The number of nitrogens with zero attached hydrogens (tertiary/aromatic N) is 4. The molecular weight excluding hydrogens is 580 g/mol. The zero-order chi connectivity index (χ0) is 33.5. The molecule has 244 valence electrons. The highest BCUT2D eigenvalue weighted by Crippen LogP contribution is 2.38. The van der Waals surface area contributed by atoms with E-state index in [1.165, 1.54) is 0 Å². The average molecular weight is 625 g/mol. The quantitative estimate of drug-likeness (QED) is 0.223. The third kappa shape index (κ3) is 8.46. The van der Waals surface area contributed by atoms with Crippen molar-refractivity contribution in [2.45, 2.75) is 65.9 Å². The van der Waals surface area contributed by atoms with Crippen LogP contribution < -0.4 is 10.3 Å². The Labute approximate surface area is 263 Å². The first-order chi connectivity index (χ1) is 21.3. The fourth-order valence-electron chi connectivity index (χ4n) is 5.02. The molecule has 0 spiro atoms. The Morgan fingerprint density at radius 2 is 1.80 bits per heavy atom. The van der Waals surface area contributed by atoms with E-state index in [0.717, 1.165) is 40.7 Å². The van der Waals surface area contributed by atoms with Crippen molar-refractivity contribution in [2.75, 3.05) is 41.3 Å². The number of carbonyl (C=O) groups excluding carboxylic acids is 3. The molecule has 1 aliphatic heterocycles. The highest BCUT2D eigenvalue weighted by molar-refractivity contribution is 5.89. The minimum Gasteiger partial charge on any atom is -0.463 e. The van der Waals surface area contributed by atoms with Crippen molar-refractivity contribution in [1.29, 1.82) is 0 Å². The van der Waals surface area contributed by atoms with Crippen molar-refractivity contribution in [2.24, 2.45) is 0 Å². The van der Waals surface area contributed by atoms with E-state index in [4.69, 9.17) is 23.9 Å². The molecule has 2 aromatic heterocycles. The van der Waals surface area contributed by atoms with Gasteiger partial charge < -0.3 is 33.3 Å². The minimum absolute atomic E-state index is 0.121. The summed E-state index contributed by atoms with van der Waals surface area (Å²) in [5.41, 5.74) is 4.63. The predicted molar refractivity (Wildman–Crippen MR) is 170 cm³/mol. The van der Waals surface area contributed by atoms with Gasteiger partial charge in [0.2, 0.25) is 0 Å². The van der Waals surface area contributed by atoms with Crippen molar-refractivity contribution in [3.63, 3.8) is 0 Å². The number of amides is 1. The number of rotatable bonds is 11. The molecule has 1 atom stereocenters. The number of aryl methyl sites for hydroxylation is 1. The molecule has 12 nitrogen and oxygen atoms in total. The fraction of sp³-hybridized carbons (Fsp3) is 0.485. The summed E-state index contributed by atoms with van der Waals surface area (Å²) >= 11 is 0. The van der Waals surface area contributed by atoms with Crippen molar-refractivity contribution in [3.8, 4) is 17.1 Å². The molecule has 0 N–H and O–H groups in total. The maximum atomic E-state index is 13.3. The highest BCUT2D eigenvalue weighted by Gasteiger charge is 2.29. The standard InChI is InChI=1S/C23H22N2O6.C10H22N2O2/c1-4-15-17-7-14(31-12-27)5-6-20(17)24-22-18(15)9-25-21(22)8-16(13(2)29-3)19(23(25)28)10-30-11-26;1-10(2,3)14-9(13)12(6)8-7-11(4)5/h5-8,11-13H,4,9-10H2,1-3H3;7-8H2,1-6H3. The zero-order valence-corrected chi connectivity index (χ0v) is 27.6. The van der Waals surface area contributed by atoms with E-state index >= 15 is 0 Å². The minimum atomic E-state index is -0.413. The molecule has 0 saturated heterocycles. The number of pyridine rings is 2. The number of aromatic nitrogens is 2. The molecule has 0 radical (unpaired) electrons. The van der Waals surface area contributed by atoms with E-state index in [1.54, 1.807) is 41.8 Å². The smallest absolute Gasteiger partial charge is 0.410 e. The van der Waals surface area contributed by atoms with Crippen LogP contribution in [0.2, 0.25) is 0 Å². The monoisotopic (exact) mass is 624 g/mol. The molecule has 3 aromatic rings. The van der Waals surface area contributed by atoms with Crippen LogP contribution in [0, 0.1) is 0 Å². The lowest BCUT2D eigenvalue weighted by atomic mass is 9.98. The number of methoxy groups -OCH3 is 1. The van der Waals surface area contributed by atoms with Gasteiger partial charge in [-0.1, -0.05) is 6.92 Å². The van der Waals surface area contributed by atoms with Gasteiger partial charge in [0.05, 0.1) is 35.1 Å². The molecule has 3 heterocycles. The zero-order valence-electron chi connectivity index (χ0n) is 27.6. The summed E-state index contributed by atoms with van der Waals surface area (Å²) in [6, 6.07) is 7.19. The third-order valence-electron chi connectivity index (χ3n) is 7.38. The van der Waals surface area contributed by atoms with Gasteiger partial charge in [0.15, 0.2) is 0 Å². The lowest BCUT2D eigenvalue weighted by Gasteiger charge is -2.25. The molecule has 1 aromatic carbocycles. The number of benzene rings is 1. The van der Waals surface area contributed by atoms with Crippen LogP contribution in [0.3, 0.4) is 0 Å². The van der Waals surface area contributed by atoms with Crippen molar-refractivity contribution < 1.29 is 33.3 Å². The van der Waals surface area contributed by atoms with E-state index in [9.17, 15) is 19.2 Å². The Balaban J connectivity index is 0.000000335. The maximum absolute atomic E-state index is 13.3. The van der Waals surface area contributed by atoms with Crippen LogP contribution in [-0.4, -0.2) is 85.3 Å². The molecule has 12 heteroatoms. The molecular formula is C33H44N4O8. The van der Waals surface area contributed by atoms with Crippen LogP contribution in [0.25, 0.3) is 22.3 Å². The SMILES string of the molecule is CCc1c2c(nc3ccc(OC=O)cc13)-c1cc(C(C)OC)c(COC=O)c(=O)n1C2.CN(C)CCN(C)C(=O)OC(C)(C)C. The van der Waals surface area contributed by atoms with Crippen molar-refractivity contribution in [1.82, 2.24) is 19.4 Å². The number of likely N-dealkylation sites (N-methyl/N-ethyl adjacent to an activating group) is 2. The molecule has 0 fully saturated rings. The van der Waals surface area contributed by atoms with E-state index in [1.807, 2.05) is 59.7 Å². The van der Waals surface area contributed by atoms with E-state index in [0.29, 0.717) is 48.6 Å². The summed E-state index contributed by atoms with van der Waals surface area (Å²) in [7, 11) is 7.26. The molecule has 45 heavy (non-hydrogen) atoms. The predicted octanol–water partition coefficient (Wildman–Crippen LogP) is 4.32. The van der Waals surface area contributed by atoms with Gasteiger partial charge in [-0.2, -0.15) is 0 Å². The molecule has 1 aliphatic rings. The molecule has 0 aliphatic carbocycles. The number of fused-ring (bicyclic) bond motifs is 4. The first-order valence-corrected chi connectivity index (χ1v) is 14.8. The lowest BCUT2D eigenvalue weighted by Crippen LogP contribution is -2.37. The molecule has 0 saturated carbocycles. The topological polar surface area (TPSA) is 129 Å². The number of hydrogen-bond donors (Lipinski definition) is 0.